The van der Waals surface area contributed by atoms with Gasteiger partial charge in [-0.3, -0.25) is 4.79 Å². The summed E-state index contributed by atoms with van der Waals surface area (Å²) in [6, 6.07) is 0.153. The molecule has 25 heavy (non-hydrogen) atoms. The van der Waals surface area contributed by atoms with E-state index in [9.17, 15) is 14.9 Å². The van der Waals surface area contributed by atoms with Crippen LogP contribution < -0.4 is 10.2 Å². The van der Waals surface area contributed by atoms with Gasteiger partial charge in [-0.25, -0.2) is 0 Å². The molecule has 1 aliphatic heterocycles. The lowest BCUT2D eigenvalue weighted by Gasteiger charge is -2.32. The summed E-state index contributed by atoms with van der Waals surface area (Å²) >= 11 is 1.37. The lowest BCUT2D eigenvalue weighted by atomic mass is 9.96. The van der Waals surface area contributed by atoms with Crippen LogP contribution in [-0.2, 0) is 4.79 Å². The molecule has 0 saturated carbocycles. The van der Waals surface area contributed by atoms with Crippen molar-refractivity contribution in [2.45, 2.75) is 45.6 Å². The van der Waals surface area contributed by atoms with Crippen LogP contribution in [0.15, 0.2) is 11.6 Å². The zero-order valence-electron chi connectivity index (χ0n) is 14.5. The van der Waals surface area contributed by atoms with Crippen molar-refractivity contribution in [2.75, 3.05) is 18.0 Å². The first-order valence-corrected chi connectivity index (χ1v) is 9.54. The Kier molecular flexibility index (Phi) is 5.22. The van der Waals surface area contributed by atoms with E-state index in [0.717, 1.165) is 25.7 Å². The second-order valence-corrected chi connectivity index (χ2v) is 7.43. The number of piperidine rings is 1. The highest BCUT2D eigenvalue weighted by Crippen LogP contribution is 2.33. The summed E-state index contributed by atoms with van der Waals surface area (Å²) in [4.78, 5) is 30.5. The second-order valence-electron chi connectivity index (χ2n) is 6.56. The Morgan fingerprint density at radius 2 is 2.40 bits per heavy atom. The molecular weight excluding hydrogens is 342 g/mol. The van der Waals surface area contributed by atoms with E-state index in [1.807, 2.05) is 11.8 Å². The molecule has 2 unspecified atom stereocenters. The standard InChI is InChI=1S/C16H23N5O3S/c1-3-5-11(2)17-14(22)12-6-4-7-19(10-12)13-15(21(23)24)20-8-9-25-16(20)18-13/h8-9,11-12H,3-7,10H2,1-2H3,(H,17,22). The minimum absolute atomic E-state index is 0.0170. The Hall–Kier alpha value is -2.16. The van der Waals surface area contributed by atoms with E-state index in [1.54, 1.807) is 11.6 Å². The first kappa shape index (κ1) is 17.7. The van der Waals surface area contributed by atoms with Gasteiger partial charge in [-0.2, -0.15) is 9.38 Å². The number of nitrogens with one attached hydrogen (secondary N) is 1. The van der Waals surface area contributed by atoms with Gasteiger partial charge < -0.3 is 20.3 Å². The molecule has 2 aromatic heterocycles. The first-order chi connectivity index (χ1) is 12.0. The molecule has 2 aromatic rings. The average Bonchev–Trinajstić information content (AvgIpc) is 3.15. The number of amides is 1. The van der Waals surface area contributed by atoms with Crippen molar-refractivity contribution >= 4 is 33.8 Å². The predicted octanol–water partition coefficient (Wildman–Crippen LogP) is 2.83. The molecule has 0 radical (unpaired) electrons. The number of thiazole rings is 1. The summed E-state index contributed by atoms with van der Waals surface area (Å²) in [6.07, 6.45) is 5.26. The van der Waals surface area contributed by atoms with Crippen LogP contribution in [0.1, 0.15) is 39.5 Å². The van der Waals surface area contributed by atoms with E-state index in [1.165, 1.54) is 15.7 Å². The highest BCUT2D eigenvalue weighted by Gasteiger charge is 2.33. The van der Waals surface area contributed by atoms with Crippen LogP contribution in [0, 0.1) is 16.0 Å². The molecule has 3 heterocycles. The molecule has 0 aromatic carbocycles. The van der Waals surface area contributed by atoms with Gasteiger partial charge in [0.1, 0.15) is 6.20 Å². The van der Waals surface area contributed by atoms with Gasteiger partial charge in [-0.15, -0.1) is 0 Å². The Labute approximate surface area is 150 Å². The Morgan fingerprint density at radius 3 is 3.12 bits per heavy atom. The molecule has 1 saturated heterocycles. The summed E-state index contributed by atoms with van der Waals surface area (Å²) in [6.45, 7) is 5.25. The number of hydrogen-bond acceptors (Lipinski definition) is 6. The number of hydrogen-bond donors (Lipinski definition) is 1. The number of aromatic nitrogens is 2. The number of carbonyl (C=O) groups is 1. The van der Waals surface area contributed by atoms with Gasteiger partial charge in [0, 0.05) is 24.5 Å². The third-order valence-corrected chi connectivity index (χ3v) is 5.35. The fourth-order valence-corrected chi connectivity index (χ4v) is 4.10. The number of anilines is 1. The van der Waals surface area contributed by atoms with Crippen molar-refractivity contribution in [1.82, 2.24) is 14.7 Å². The van der Waals surface area contributed by atoms with Crippen LogP contribution in [-0.4, -0.2) is 39.3 Å². The van der Waals surface area contributed by atoms with Gasteiger partial charge in [0.05, 0.1) is 5.92 Å². The van der Waals surface area contributed by atoms with E-state index in [4.69, 9.17) is 0 Å². The predicted molar refractivity (Wildman–Crippen MR) is 97.2 cm³/mol. The largest absolute Gasteiger partial charge is 0.373 e. The molecule has 8 nitrogen and oxygen atoms in total. The van der Waals surface area contributed by atoms with Crippen LogP contribution in [0.2, 0.25) is 0 Å². The van der Waals surface area contributed by atoms with Crippen molar-refractivity contribution in [3.63, 3.8) is 0 Å². The summed E-state index contributed by atoms with van der Waals surface area (Å²) in [5, 5.41) is 16.4. The minimum atomic E-state index is -0.394. The summed E-state index contributed by atoms with van der Waals surface area (Å²) in [5.41, 5.74) is 0. The van der Waals surface area contributed by atoms with Crippen molar-refractivity contribution in [3.05, 3.63) is 21.7 Å². The lowest BCUT2D eigenvalue weighted by molar-refractivity contribution is -0.389. The van der Waals surface area contributed by atoms with E-state index < -0.39 is 4.92 Å². The molecule has 3 rings (SSSR count). The molecule has 0 bridgehead atoms. The Bertz CT molecular complexity index is 771. The molecule has 1 aliphatic rings. The van der Waals surface area contributed by atoms with Gasteiger partial charge in [-0.05, 0) is 31.1 Å². The molecule has 1 N–H and O–H groups in total. The zero-order valence-corrected chi connectivity index (χ0v) is 15.3. The maximum atomic E-state index is 12.5. The Morgan fingerprint density at radius 1 is 1.60 bits per heavy atom. The highest BCUT2D eigenvalue weighted by molar-refractivity contribution is 7.15. The van der Waals surface area contributed by atoms with Crippen molar-refractivity contribution in [2.24, 2.45) is 5.92 Å². The molecule has 9 heteroatoms. The van der Waals surface area contributed by atoms with Crippen molar-refractivity contribution in [3.8, 4) is 0 Å². The first-order valence-electron chi connectivity index (χ1n) is 8.66. The fraction of sp³-hybridized carbons (Fsp3) is 0.625. The highest BCUT2D eigenvalue weighted by atomic mass is 32.1. The van der Waals surface area contributed by atoms with Gasteiger partial charge in [-0.1, -0.05) is 24.7 Å². The molecule has 1 amide bonds. The third kappa shape index (κ3) is 3.60. The second kappa shape index (κ2) is 7.38. The third-order valence-electron chi connectivity index (χ3n) is 4.59. The topological polar surface area (TPSA) is 92.8 Å². The molecule has 136 valence electrons. The molecule has 2 atom stereocenters. The maximum absolute atomic E-state index is 12.5. The SMILES string of the molecule is CCCC(C)NC(=O)C1CCCN(c2nc3sccn3c2[N+](=O)[O-])C1. The summed E-state index contributed by atoms with van der Waals surface area (Å²) in [7, 11) is 0. The molecular formula is C16H23N5O3S. The molecule has 1 fully saturated rings. The number of carbonyl (C=O) groups excluding carboxylic acids is 1. The van der Waals surface area contributed by atoms with Crippen LogP contribution >= 0.6 is 11.3 Å². The molecule has 0 spiro atoms. The average molecular weight is 365 g/mol. The van der Waals surface area contributed by atoms with E-state index in [2.05, 4.69) is 17.2 Å². The minimum Gasteiger partial charge on any atom is -0.358 e. The van der Waals surface area contributed by atoms with Gasteiger partial charge in [0.15, 0.2) is 0 Å². The van der Waals surface area contributed by atoms with Crippen molar-refractivity contribution in [1.29, 1.82) is 0 Å². The smallest absolute Gasteiger partial charge is 0.358 e. The quantitative estimate of drug-likeness (QED) is 0.628. The van der Waals surface area contributed by atoms with Crippen LogP contribution in [0.5, 0.6) is 0 Å². The summed E-state index contributed by atoms with van der Waals surface area (Å²) in [5.74, 6) is 0.231. The lowest BCUT2D eigenvalue weighted by Crippen LogP contribution is -2.45. The van der Waals surface area contributed by atoms with Crippen LogP contribution in [0.4, 0.5) is 11.6 Å². The van der Waals surface area contributed by atoms with Gasteiger partial charge in [0.2, 0.25) is 11.7 Å². The van der Waals surface area contributed by atoms with Crippen LogP contribution in [0.25, 0.3) is 4.96 Å². The fourth-order valence-electron chi connectivity index (χ4n) is 3.39. The van der Waals surface area contributed by atoms with Crippen molar-refractivity contribution < 1.29 is 9.72 Å². The zero-order chi connectivity index (χ0) is 18.0. The Balaban J connectivity index is 1.77. The van der Waals surface area contributed by atoms with E-state index >= 15 is 0 Å². The number of imidazole rings is 1. The van der Waals surface area contributed by atoms with Gasteiger partial charge >= 0.3 is 5.82 Å². The molecule has 0 aliphatic carbocycles. The normalized spacial score (nSPS) is 19.1. The van der Waals surface area contributed by atoms with Gasteiger partial charge in [0.25, 0.3) is 4.96 Å². The van der Waals surface area contributed by atoms with E-state index in [0.29, 0.717) is 23.9 Å². The van der Waals surface area contributed by atoms with Crippen LogP contribution in [0.3, 0.4) is 0 Å². The maximum Gasteiger partial charge on any atom is 0.373 e. The van der Waals surface area contributed by atoms with E-state index in [-0.39, 0.29) is 23.7 Å². The number of rotatable bonds is 6. The number of nitrogens with zero attached hydrogens (tertiary/aromatic N) is 4. The number of fused-ring (bicyclic) bond motifs is 1. The monoisotopic (exact) mass is 365 g/mol. The number of nitro groups is 1. The summed E-state index contributed by atoms with van der Waals surface area (Å²) < 4.78 is 1.51.